The highest BCUT2D eigenvalue weighted by atomic mass is 19.4. The molecule has 0 radical (unpaired) electrons. The fraction of sp³-hybridized carbons (Fsp3) is 0.650. The molecule has 2 rings (SSSR count). The second-order valence-electron chi connectivity index (χ2n) is 7.21. The second kappa shape index (κ2) is 11.2. The fourth-order valence-corrected chi connectivity index (χ4v) is 3.23. The van der Waals surface area contributed by atoms with E-state index in [1.807, 2.05) is 13.8 Å². The van der Waals surface area contributed by atoms with Crippen LogP contribution in [0, 0.1) is 11.7 Å². The van der Waals surface area contributed by atoms with E-state index in [4.69, 9.17) is 4.74 Å². The highest BCUT2D eigenvalue weighted by molar-refractivity contribution is 5.79. The summed E-state index contributed by atoms with van der Waals surface area (Å²) in [6.45, 7) is 5.54. The molecule has 29 heavy (non-hydrogen) atoms. The van der Waals surface area contributed by atoms with Crippen LogP contribution < -0.4 is 15.4 Å². The van der Waals surface area contributed by atoms with Crippen molar-refractivity contribution >= 4 is 5.96 Å². The highest BCUT2D eigenvalue weighted by Gasteiger charge is 2.34. The predicted molar refractivity (Wildman–Crippen MR) is 106 cm³/mol. The van der Waals surface area contributed by atoms with Crippen LogP contribution in [-0.4, -0.2) is 62.4 Å². The molecule has 1 aromatic carbocycles. The van der Waals surface area contributed by atoms with Gasteiger partial charge in [-0.25, -0.2) is 9.38 Å². The quantitative estimate of drug-likeness (QED) is 0.367. The Morgan fingerprint density at radius 1 is 1.31 bits per heavy atom. The number of hydrogen-bond acceptors (Lipinski definition) is 3. The van der Waals surface area contributed by atoms with E-state index >= 15 is 0 Å². The molecule has 164 valence electrons. The molecule has 0 aliphatic carbocycles. The molecule has 1 aromatic rings. The minimum atomic E-state index is -4.16. The van der Waals surface area contributed by atoms with E-state index in [9.17, 15) is 17.6 Å². The van der Waals surface area contributed by atoms with Crippen LogP contribution in [0.3, 0.4) is 0 Å². The van der Waals surface area contributed by atoms with Crippen molar-refractivity contribution in [3.05, 3.63) is 30.1 Å². The van der Waals surface area contributed by atoms with Gasteiger partial charge in [0.15, 0.2) is 5.96 Å². The average Bonchev–Trinajstić information content (AvgIpc) is 3.08. The molecule has 2 unspecified atom stereocenters. The van der Waals surface area contributed by atoms with Crippen LogP contribution in [0.5, 0.6) is 5.75 Å². The maximum atomic E-state index is 13.3. The Hall–Kier alpha value is -2.03. The van der Waals surface area contributed by atoms with Crippen LogP contribution in [0.2, 0.25) is 0 Å². The third-order valence-corrected chi connectivity index (χ3v) is 4.68. The lowest BCUT2D eigenvalue weighted by molar-refractivity contribution is -0.143. The number of aliphatic imine (C=N–C) groups is 1. The number of rotatable bonds is 9. The monoisotopic (exact) mass is 418 g/mol. The van der Waals surface area contributed by atoms with E-state index in [-0.39, 0.29) is 17.8 Å². The van der Waals surface area contributed by atoms with Crippen molar-refractivity contribution in [2.24, 2.45) is 10.9 Å². The molecular formula is C20H30F4N4O. The smallest absolute Gasteiger partial charge is 0.401 e. The van der Waals surface area contributed by atoms with Gasteiger partial charge >= 0.3 is 6.18 Å². The van der Waals surface area contributed by atoms with Gasteiger partial charge in [-0.15, -0.1) is 0 Å². The topological polar surface area (TPSA) is 48.9 Å². The van der Waals surface area contributed by atoms with Crippen molar-refractivity contribution in [2.75, 3.05) is 39.3 Å². The van der Waals surface area contributed by atoms with E-state index in [0.717, 1.165) is 6.42 Å². The van der Waals surface area contributed by atoms with Gasteiger partial charge in [-0.1, -0.05) is 13.0 Å². The Morgan fingerprint density at radius 2 is 2.10 bits per heavy atom. The number of hydrogen-bond donors (Lipinski definition) is 2. The zero-order valence-electron chi connectivity index (χ0n) is 16.9. The van der Waals surface area contributed by atoms with E-state index in [1.165, 1.54) is 17.0 Å². The molecule has 0 amide bonds. The van der Waals surface area contributed by atoms with Gasteiger partial charge in [0.25, 0.3) is 0 Å². The third kappa shape index (κ3) is 8.89. The van der Waals surface area contributed by atoms with E-state index < -0.39 is 12.7 Å². The predicted octanol–water partition coefficient (Wildman–Crippen LogP) is 3.42. The lowest BCUT2D eigenvalue weighted by Crippen LogP contribution is -2.41. The summed E-state index contributed by atoms with van der Waals surface area (Å²) >= 11 is 0. The van der Waals surface area contributed by atoms with Crippen molar-refractivity contribution in [3.63, 3.8) is 0 Å². The summed E-state index contributed by atoms with van der Waals surface area (Å²) in [6.07, 6.45) is -2.94. The lowest BCUT2D eigenvalue weighted by Gasteiger charge is -2.19. The Balaban J connectivity index is 1.83. The first-order valence-corrected chi connectivity index (χ1v) is 10.0. The first-order chi connectivity index (χ1) is 13.8. The van der Waals surface area contributed by atoms with Gasteiger partial charge < -0.3 is 15.4 Å². The van der Waals surface area contributed by atoms with Gasteiger partial charge in [-0.3, -0.25) is 4.90 Å². The minimum absolute atomic E-state index is 0.145. The van der Waals surface area contributed by atoms with Gasteiger partial charge in [0.1, 0.15) is 17.7 Å². The second-order valence-corrected chi connectivity index (χ2v) is 7.21. The minimum Gasteiger partial charge on any atom is -0.488 e. The summed E-state index contributed by atoms with van der Waals surface area (Å²) in [7, 11) is 0. The van der Waals surface area contributed by atoms with Crippen LogP contribution in [0.4, 0.5) is 17.6 Å². The number of ether oxygens (including phenoxy) is 1. The molecule has 1 saturated heterocycles. The van der Waals surface area contributed by atoms with Gasteiger partial charge in [-0.2, -0.15) is 13.2 Å². The van der Waals surface area contributed by atoms with Gasteiger partial charge in [-0.05, 0) is 44.4 Å². The molecule has 0 bridgehead atoms. The summed E-state index contributed by atoms with van der Waals surface area (Å²) in [4.78, 5) is 5.97. The largest absolute Gasteiger partial charge is 0.488 e. The first-order valence-electron chi connectivity index (χ1n) is 10.0. The maximum absolute atomic E-state index is 13.3. The van der Waals surface area contributed by atoms with Crippen LogP contribution in [0.1, 0.15) is 26.7 Å². The van der Waals surface area contributed by atoms with Crippen molar-refractivity contribution in [1.29, 1.82) is 0 Å². The highest BCUT2D eigenvalue weighted by Crippen LogP contribution is 2.22. The number of likely N-dealkylation sites (tertiary alicyclic amines) is 1. The standard InChI is InChI=1S/C20H30F4N4O/c1-3-17(29-18-7-5-6-16(21)10-18)12-27-19(25-4-2)26-11-15-8-9-28(13-15)14-20(22,23)24/h5-7,10,15,17H,3-4,8-9,11-14H2,1-2H3,(H2,25,26,27). The third-order valence-electron chi connectivity index (χ3n) is 4.68. The Bertz CT molecular complexity index is 654. The average molecular weight is 418 g/mol. The molecule has 5 nitrogen and oxygen atoms in total. The molecule has 0 aromatic heterocycles. The maximum Gasteiger partial charge on any atom is 0.401 e. The van der Waals surface area contributed by atoms with Crippen LogP contribution in [-0.2, 0) is 0 Å². The summed E-state index contributed by atoms with van der Waals surface area (Å²) < 4.78 is 56.7. The molecule has 1 fully saturated rings. The van der Waals surface area contributed by atoms with E-state index in [1.54, 1.807) is 12.1 Å². The van der Waals surface area contributed by atoms with Crippen molar-refractivity contribution in [2.45, 2.75) is 39.0 Å². The Labute approximate surface area is 169 Å². The molecule has 9 heteroatoms. The fourth-order valence-electron chi connectivity index (χ4n) is 3.23. The van der Waals surface area contributed by atoms with Gasteiger partial charge in [0.05, 0.1) is 13.1 Å². The molecule has 1 heterocycles. The molecule has 1 aliphatic rings. The SMILES string of the molecule is CCNC(=NCC(CC)Oc1cccc(F)c1)NCC1CCN(CC(F)(F)F)C1. The molecule has 0 saturated carbocycles. The summed E-state index contributed by atoms with van der Waals surface area (Å²) in [5.41, 5.74) is 0. The summed E-state index contributed by atoms with van der Waals surface area (Å²) in [6, 6.07) is 5.99. The molecule has 1 aliphatic heterocycles. The number of alkyl halides is 3. The van der Waals surface area contributed by atoms with Crippen molar-refractivity contribution < 1.29 is 22.3 Å². The molecular weight excluding hydrogens is 388 g/mol. The Morgan fingerprint density at radius 3 is 2.76 bits per heavy atom. The lowest BCUT2D eigenvalue weighted by atomic mass is 10.1. The Kier molecular flexibility index (Phi) is 9.00. The number of nitrogens with one attached hydrogen (secondary N) is 2. The van der Waals surface area contributed by atoms with E-state index in [0.29, 0.717) is 50.9 Å². The number of guanidine groups is 1. The van der Waals surface area contributed by atoms with E-state index in [2.05, 4.69) is 15.6 Å². The summed E-state index contributed by atoms with van der Waals surface area (Å²) in [5.74, 6) is 0.850. The number of halogens is 4. The first kappa shape index (κ1) is 23.3. The number of benzene rings is 1. The van der Waals surface area contributed by atoms with Crippen LogP contribution >= 0.6 is 0 Å². The number of nitrogens with zero attached hydrogens (tertiary/aromatic N) is 2. The van der Waals surface area contributed by atoms with Crippen molar-refractivity contribution in [1.82, 2.24) is 15.5 Å². The van der Waals surface area contributed by atoms with Crippen LogP contribution in [0.25, 0.3) is 0 Å². The molecule has 0 spiro atoms. The normalized spacial score (nSPS) is 19.2. The molecule has 2 N–H and O–H groups in total. The zero-order valence-corrected chi connectivity index (χ0v) is 16.9. The van der Waals surface area contributed by atoms with Gasteiger partial charge in [0.2, 0.25) is 0 Å². The zero-order chi connectivity index (χ0) is 21.3. The van der Waals surface area contributed by atoms with Gasteiger partial charge in [0, 0.05) is 25.7 Å². The summed E-state index contributed by atoms with van der Waals surface area (Å²) in [5, 5.41) is 6.35. The molecule has 2 atom stereocenters. The van der Waals surface area contributed by atoms with Crippen LogP contribution in [0.15, 0.2) is 29.3 Å². The van der Waals surface area contributed by atoms with Crippen molar-refractivity contribution in [3.8, 4) is 5.75 Å².